The van der Waals surface area contributed by atoms with Gasteiger partial charge < -0.3 is 13.8 Å². The lowest BCUT2D eigenvalue weighted by molar-refractivity contribution is 0.00578. The number of fused-ring (bicyclic) bond motifs is 1. The molecule has 1 aromatic carbocycles. The van der Waals surface area contributed by atoms with E-state index < -0.39 is 0 Å². The van der Waals surface area contributed by atoms with Crippen molar-refractivity contribution in [3.63, 3.8) is 0 Å². The van der Waals surface area contributed by atoms with E-state index in [4.69, 9.17) is 13.8 Å². The highest BCUT2D eigenvalue weighted by Gasteiger charge is 2.60. The van der Waals surface area contributed by atoms with Gasteiger partial charge in [-0.1, -0.05) is 30.3 Å². The van der Waals surface area contributed by atoms with Gasteiger partial charge in [-0.25, -0.2) is 0 Å². The Morgan fingerprint density at radius 1 is 1.14 bits per heavy atom. The molecule has 0 aliphatic carbocycles. The van der Waals surface area contributed by atoms with Crippen LogP contribution < -0.4 is 9.99 Å². The molecule has 110 valence electrons. The first kappa shape index (κ1) is 14.1. The number of hydrogen-bond acceptors (Lipinski definition) is 3. The van der Waals surface area contributed by atoms with Crippen LogP contribution in [0.4, 0.5) is 0 Å². The Balaban J connectivity index is 1.57. The topological polar surface area (TPSA) is 27.7 Å². The van der Waals surface area contributed by atoms with Gasteiger partial charge in [0.05, 0.1) is 11.2 Å². The molecule has 0 saturated carbocycles. The molecule has 6 heteroatoms. The van der Waals surface area contributed by atoms with Gasteiger partial charge in [0, 0.05) is 13.5 Å². The van der Waals surface area contributed by atoms with E-state index in [9.17, 15) is 0 Å². The highest BCUT2D eigenvalue weighted by atomic mass is 31.1. The fourth-order valence-electron chi connectivity index (χ4n) is 2.97. The van der Waals surface area contributed by atoms with E-state index in [1.807, 2.05) is 12.1 Å². The van der Waals surface area contributed by atoms with Gasteiger partial charge in [0.2, 0.25) is 6.43 Å². The van der Waals surface area contributed by atoms with Crippen LogP contribution in [0.3, 0.4) is 0 Å². The molecule has 21 heavy (non-hydrogen) atoms. The minimum Gasteiger partial charge on any atom is -0.484 e. The average molecular weight is 302 g/mol. The van der Waals surface area contributed by atoms with E-state index in [2.05, 4.69) is 39.8 Å². The Hall–Kier alpha value is -0.500. The quantitative estimate of drug-likeness (QED) is 0.634. The van der Waals surface area contributed by atoms with Crippen LogP contribution in [-0.2, 0) is 9.31 Å². The predicted octanol–water partition coefficient (Wildman–Crippen LogP) is 3.15. The van der Waals surface area contributed by atoms with Crippen LogP contribution in [0.15, 0.2) is 24.3 Å². The molecule has 2 atom stereocenters. The second-order valence-electron chi connectivity index (χ2n) is 7.38. The first-order chi connectivity index (χ1) is 9.87. The smallest absolute Gasteiger partial charge is 0.484 e. The minimum atomic E-state index is -0.336. The van der Waals surface area contributed by atoms with Gasteiger partial charge in [0.15, 0.2) is 0 Å². The van der Waals surface area contributed by atoms with Crippen molar-refractivity contribution in [2.24, 2.45) is 0 Å². The van der Waals surface area contributed by atoms with Crippen molar-refractivity contribution >= 4 is 27.0 Å². The third-order valence-electron chi connectivity index (χ3n) is 5.31. The summed E-state index contributed by atoms with van der Waals surface area (Å²) in [6, 6.07) is 8.18. The van der Waals surface area contributed by atoms with Crippen molar-refractivity contribution in [2.75, 3.05) is 6.16 Å². The molecule has 3 fully saturated rings. The predicted molar refractivity (Wildman–Crippen MR) is 88.9 cm³/mol. The lowest BCUT2D eigenvalue weighted by Gasteiger charge is -2.32. The van der Waals surface area contributed by atoms with Crippen LogP contribution in [0.1, 0.15) is 27.7 Å². The molecule has 0 N–H and O–H groups in total. The summed E-state index contributed by atoms with van der Waals surface area (Å²) in [6.45, 7) is 8.34. The van der Waals surface area contributed by atoms with Gasteiger partial charge in [-0.05, 0) is 39.9 Å². The molecule has 0 aromatic heterocycles. The fourth-order valence-corrected chi connectivity index (χ4v) is 5.42. The maximum absolute atomic E-state index is 6.29. The molecule has 3 heterocycles. The molecule has 2 unspecified atom stereocenters. The summed E-state index contributed by atoms with van der Waals surface area (Å²) in [5.41, 5.74) is 0.408. The van der Waals surface area contributed by atoms with E-state index >= 15 is 0 Å². The van der Waals surface area contributed by atoms with Gasteiger partial charge in [0.1, 0.15) is 5.75 Å². The lowest BCUT2D eigenvalue weighted by atomic mass is 9.78. The van der Waals surface area contributed by atoms with Crippen molar-refractivity contribution in [1.82, 2.24) is 0 Å². The molecule has 0 spiro atoms. The maximum Gasteiger partial charge on any atom is 0.498 e. The van der Waals surface area contributed by atoms with Crippen molar-refractivity contribution in [2.45, 2.75) is 51.0 Å². The zero-order valence-electron chi connectivity index (χ0n) is 13.1. The molecule has 0 amide bonds. The van der Waals surface area contributed by atoms with Gasteiger partial charge in [-0.3, -0.25) is 0 Å². The molecule has 4 rings (SSSR count). The highest BCUT2D eigenvalue weighted by Crippen LogP contribution is 2.71. The summed E-state index contributed by atoms with van der Waals surface area (Å²) in [7, 11) is -0.586. The third kappa shape index (κ3) is 2.25. The van der Waals surface area contributed by atoms with Gasteiger partial charge >= 0.3 is 7.12 Å². The Kier molecular flexibility index (Phi) is 3.03. The zero-order valence-corrected chi connectivity index (χ0v) is 14.0. The number of benzene rings is 1. The molecule has 3 saturated heterocycles. The van der Waals surface area contributed by atoms with Gasteiger partial charge in [-0.2, -0.15) is 0 Å². The second-order valence-corrected chi connectivity index (χ2v) is 9.43. The monoisotopic (exact) mass is 302 g/mol. The van der Waals surface area contributed by atoms with E-state index in [1.165, 1.54) is 12.5 Å². The van der Waals surface area contributed by atoms with Gasteiger partial charge in [0.25, 0.3) is 0 Å². The van der Waals surface area contributed by atoms with E-state index in [1.54, 1.807) is 0 Å². The standard InChI is InChI=1S/C15H21B2O3P/c1-14(2)15(3,4)20-17(19-14)12-7-5-6-8-13(12)18-21-10-11-9-16(11)21/h5-8,11H,9-10H2,1-4H3. The summed E-state index contributed by atoms with van der Waals surface area (Å²) < 4.78 is 18.6. The minimum absolute atomic E-state index is 0.251. The summed E-state index contributed by atoms with van der Waals surface area (Å²) >= 11 is 0. The van der Waals surface area contributed by atoms with Crippen LogP contribution in [0.5, 0.6) is 5.75 Å². The summed E-state index contributed by atoms with van der Waals surface area (Å²) in [4.78, 5) is 0. The molecule has 3 aliphatic rings. The second kappa shape index (κ2) is 4.50. The molecule has 3 nitrogen and oxygen atoms in total. The maximum atomic E-state index is 6.29. The van der Waals surface area contributed by atoms with E-state index in [-0.39, 0.29) is 26.3 Å². The van der Waals surface area contributed by atoms with Gasteiger partial charge in [-0.15, -0.1) is 0 Å². The van der Waals surface area contributed by atoms with Crippen molar-refractivity contribution in [3.05, 3.63) is 24.3 Å². The van der Waals surface area contributed by atoms with Crippen LogP contribution in [0.2, 0.25) is 12.1 Å². The van der Waals surface area contributed by atoms with Crippen LogP contribution in [-0.4, -0.2) is 30.9 Å². The molecule has 1 aromatic rings. The summed E-state index contributed by atoms with van der Waals surface area (Å²) in [6.07, 6.45) is 3.52. The average Bonchev–Trinajstić information content (AvgIpc) is 2.99. The number of hydrogen-bond donors (Lipinski definition) is 0. The van der Waals surface area contributed by atoms with Crippen LogP contribution >= 0.6 is 8.03 Å². The van der Waals surface area contributed by atoms with Crippen molar-refractivity contribution in [1.29, 1.82) is 0 Å². The summed E-state index contributed by atoms with van der Waals surface area (Å²) in [5, 5.41) is 0. The molecular weight excluding hydrogens is 281 g/mol. The van der Waals surface area contributed by atoms with Crippen molar-refractivity contribution < 1.29 is 13.8 Å². The fraction of sp³-hybridized carbons (Fsp3) is 0.600. The Morgan fingerprint density at radius 3 is 2.38 bits per heavy atom. The summed E-state index contributed by atoms with van der Waals surface area (Å²) in [5.74, 6) is 1.92. The SMILES string of the molecule is CC1(C)OB(c2ccccc2OP2CC3CB32)OC1(C)C. The largest absolute Gasteiger partial charge is 0.498 e. The first-order valence-electron chi connectivity index (χ1n) is 7.76. The normalized spacial score (nSPS) is 31.6. The number of rotatable bonds is 3. The third-order valence-corrected chi connectivity index (χ3v) is 7.94. The molecule has 0 bridgehead atoms. The van der Waals surface area contributed by atoms with E-state index in [0.717, 1.165) is 23.5 Å². The Bertz CT molecular complexity index is 562. The Morgan fingerprint density at radius 2 is 1.81 bits per heavy atom. The zero-order chi connectivity index (χ0) is 14.8. The highest BCUT2D eigenvalue weighted by molar-refractivity contribution is 7.93. The molecule has 3 aliphatic heterocycles. The lowest BCUT2D eigenvalue weighted by Crippen LogP contribution is -2.41. The molecular formula is C15H21B2O3P. The van der Waals surface area contributed by atoms with Crippen LogP contribution in [0.25, 0.3) is 0 Å². The Labute approximate surface area is 128 Å². The van der Waals surface area contributed by atoms with Crippen LogP contribution in [0, 0.1) is 0 Å². The van der Waals surface area contributed by atoms with Crippen molar-refractivity contribution in [3.8, 4) is 5.75 Å². The number of para-hydroxylation sites is 1. The van der Waals surface area contributed by atoms with E-state index in [0.29, 0.717) is 0 Å². The molecule has 0 radical (unpaired) electrons. The first-order valence-corrected chi connectivity index (χ1v) is 9.28.